The van der Waals surface area contributed by atoms with Crippen molar-refractivity contribution in [2.75, 3.05) is 6.54 Å². The van der Waals surface area contributed by atoms with Crippen LogP contribution in [-0.4, -0.2) is 40.6 Å². The maximum absolute atomic E-state index is 12.5. The van der Waals surface area contributed by atoms with E-state index in [4.69, 9.17) is 5.11 Å². The van der Waals surface area contributed by atoms with Gasteiger partial charge in [0, 0.05) is 18.6 Å². The molecule has 0 spiro atoms. The van der Waals surface area contributed by atoms with Gasteiger partial charge in [-0.3, -0.25) is 4.79 Å². The summed E-state index contributed by atoms with van der Waals surface area (Å²) in [5, 5.41) is 12.2. The van der Waals surface area contributed by atoms with E-state index >= 15 is 0 Å². The second-order valence-corrected chi connectivity index (χ2v) is 6.60. The van der Waals surface area contributed by atoms with Crippen LogP contribution in [0.4, 0.5) is 4.79 Å². The number of carboxylic acid groups (broad SMARTS) is 1. The van der Waals surface area contributed by atoms with Crippen LogP contribution in [0.15, 0.2) is 0 Å². The summed E-state index contributed by atoms with van der Waals surface area (Å²) in [6.45, 7) is 5.11. The topological polar surface area (TPSA) is 69.6 Å². The highest BCUT2D eigenvalue weighted by Crippen LogP contribution is 2.34. The van der Waals surface area contributed by atoms with Gasteiger partial charge >= 0.3 is 12.0 Å². The number of hydrogen-bond acceptors (Lipinski definition) is 2. The van der Waals surface area contributed by atoms with Crippen molar-refractivity contribution in [2.45, 2.75) is 70.9 Å². The summed E-state index contributed by atoms with van der Waals surface area (Å²) in [5.41, 5.74) is 0. The molecule has 0 radical (unpaired) electrons. The van der Waals surface area contributed by atoms with E-state index in [0.717, 1.165) is 25.7 Å². The fraction of sp³-hybridized carbons (Fsp3) is 0.875. The van der Waals surface area contributed by atoms with Gasteiger partial charge in [-0.25, -0.2) is 4.79 Å². The Labute approximate surface area is 127 Å². The Bertz CT molecular complexity index is 386. The van der Waals surface area contributed by atoms with Crippen molar-refractivity contribution in [1.82, 2.24) is 10.2 Å². The van der Waals surface area contributed by atoms with E-state index in [1.165, 1.54) is 12.8 Å². The Balaban J connectivity index is 1.93. The van der Waals surface area contributed by atoms with E-state index in [1.807, 2.05) is 0 Å². The Hall–Kier alpha value is -1.26. The summed E-state index contributed by atoms with van der Waals surface area (Å²) in [7, 11) is 0. The molecule has 2 aliphatic rings. The van der Waals surface area contributed by atoms with Crippen molar-refractivity contribution in [1.29, 1.82) is 0 Å². The summed E-state index contributed by atoms with van der Waals surface area (Å²) in [4.78, 5) is 25.2. The van der Waals surface area contributed by atoms with Crippen LogP contribution in [0, 0.1) is 11.8 Å². The zero-order chi connectivity index (χ0) is 15.4. The van der Waals surface area contributed by atoms with Crippen LogP contribution in [0.3, 0.4) is 0 Å². The molecular formula is C16H28N2O3. The van der Waals surface area contributed by atoms with Crippen molar-refractivity contribution in [2.24, 2.45) is 11.8 Å². The van der Waals surface area contributed by atoms with Crippen LogP contribution in [0.1, 0.15) is 58.8 Å². The lowest BCUT2D eigenvalue weighted by atomic mass is 9.93. The number of nitrogens with zero attached hydrogens (tertiary/aromatic N) is 1. The monoisotopic (exact) mass is 296 g/mol. The van der Waals surface area contributed by atoms with Crippen molar-refractivity contribution in [3.63, 3.8) is 0 Å². The zero-order valence-electron chi connectivity index (χ0n) is 13.2. The lowest BCUT2D eigenvalue weighted by Gasteiger charge is -2.36. The first-order chi connectivity index (χ1) is 10.0. The molecule has 1 heterocycles. The van der Waals surface area contributed by atoms with Crippen molar-refractivity contribution in [3.05, 3.63) is 0 Å². The third-order valence-electron chi connectivity index (χ3n) is 5.36. The van der Waals surface area contributed by atoms with E-state index < -0.39 is 5.97 Å². The molecule has 1 aliphatic heterocycles. The third-order valence-corrected chi connectivity index (χ3v) is 5.36. The number of piperidine rings is 1. The lowest BCUT2D eigenvalue weighted by molar-refractivity contribution is -0.138. The van der Waals surface area contributed by atoms with Crippen LogP contribution < -0.4 is 5.32 Å². The van der Waals surface area contributed by atoms with Gasteiger partial charge in [-0.05, 0) is 43.9 Å². The molecule has 2 fully saturated rings. The molecule has 0 aromatic heterocycles. The predicted molar refractivity (Wildman–Crippen MR) is 81.1 cm³/mol. The summed E-state index contributed by atoms with van der Waals surface area (Å²) in [6.07, 6.45) is 6.24. The van der Waals surface area contributed by atoms with Gasteiger partial charge in [0.2, 0.25) is 0 Å². The van der Waals surface area contributed by atoms with Gasteiger partial charge in [0.1, 0.15) is 0 Å². The SMILES string of the molecule is CCC1CCC(NC(=O)N2CCCCC2CC(=O)O)C1C. The lowest BCUT2D eigenvalue weighted by Crippen LogP contribution is -2.52. The Morgan fingerprint density at radius 3 is 2.62 bits per heavy atom. The summed E-state index contributed by atoms with van der Waals surface area (Å²) < 4.78 is 0. The highest BCUT2D eigenvalue weighted by Gasteiger charge is 2.35. The molecule has 0 aromatic rings. The highest BCUT2D eigenvalue weighted by molar-refractivity contribution is 5.76. The average molecular weight is 296 g/mol. The number of likely N-dealkylation sites (tertiary alicyclic amines) is 1. The number of nitrogens with one attached hydrogen (secondary N) is 1. The van der Waals surface area contributed by atoms with Gasteiger partial charge in [0.25, 0.3) is 0 Å². The number of carbonyl (C=O) groups excluding carboxylic acids is 1. The fourth-order valence-corrected chi connectivity index (χ4v) is 3.95. The number of urea groups is 1. The summed E-state index contributed by atoms with van der Waals surface area (Å²) in [5.74, 6) is 0.396. The van der Waals surface area contributed by atoms with Gasteiger partial charge in [-0.2, -0.15) is 0 Å². The fourth-order valence-electron chi connectivity index (χ4n) is 3.95. The van der Waals surface area contributed by atoms with Crippen molar-refractivity contribution in [3.8, 4) is 0 Å². The van der Waals surface area contributed by atoms with Gasteiger partial charge in [0.15, 0.2) is 0 Å². The van der Waals surface area contributed by atoms with Gasteiger partial charge in [-0.1, -0.05) is 20.3 Å². The molecule has 2 rings (SSSR count). The molecule has 4 unspecified atom stereocenters. The van der Waals surface area contributed by atoms with Crippen LogP contribution in [-0.2, 0) is 4.79 Å². The quantitative estimate of drug-likeness (QED) is 0.838. The molecule has 1 saturated carbocycles. The molecule has 2 amide bonds. The van der Waals surface area contributed by atoms with Crippen LogP contribution >= 0.6 is 0 Å². The molecule has 4 atom stereocenters. The molecule has 21 heavy (non-hydrogen) atoms. The minimum atomic E-state index is -0.819. The summed E-state index contributed by atoms with van der Waals surface area (Å²) >= 11 is 0. The number of hydrogen-bond donors (Lipinski definition) is 2. The smallest absolute Gasteiger partial charge is 0.317 e. The molecular weight excluding hydrogens is 268 g/mol. The second-order valence-electron chi connectivity index (χ2n) is 6.60. The zero-order valence-corrected chi connectivity index (χ0v) is 13.2. The minimum Gasteiger partial charge on any atom is -0.481 e. The second kappa shape index (κ2) is 7.14. The largest absolute Gasteiger partial charge is 0.481 e. The molecule has 1 saturated heterocycles. The highest BCUT2D eigenvalue weighted by atomic mass is 16.4. The molecule has 0 bridgehead atoms. The molecule has 120 valence electrons. The number of rotatable bonds is 4. The number of amides is 2. The van der Waals surface area contributed by atoms with Crippen molar-refractivity contribution >= 4 is 12.0 Å². The first kappa shape index (κ1) is 16.1. The summed E-state index contributed by atoms with van der Waals surface area (Å²) in [6, 6.07) is 0.0411. The maximum Gasteiger partial charge on any atom is 0.317 e. The van der Waals surface area contributed by atoms with E-state index in [1.54, 1.807) is 4.90 Å². The Morgan fingerprint density at radius 1 is 1.24 bits per heavy atom. The van der Waals surface area contributed by atoms with Gasteiger partial charge < -0.3 is 15.3 Å². The molecule has 0 aromatic carbocycles. The first-order valence-corrected chi connectivity index (χ1v) is 8.31. The molecule has 5 nitrogen and oxygen atoms in total. The predicted octanol–water partition coefficient (Wildman–Crippen LogP) is 2.85. The molecule has 5 heteroatoms. The average Bonchev–Trinajstić information content (AvgIpc) is 2.79. The maximum atomic E-state index is 12.5. The van der Waals surface area contributed by atoms with E-state index in [9.17, 15) is 9.59 Å². The Kier molecular flexibility index (Phi) is 5.48. The number of carboxylic acids is 1. The molecule has 1 aliphatic carbocycles. The van der Waals surface area contributed by atoms with Crippen LogP contribution in [0.2, 0.25) is 0 Å². The first-order valence-electron chi connectivity index (χ1n) is 8.31. The minimum absolute atomic E-state index is 0.0606. The van der Waals surface area contributed by atoms with Crippen LogP contribution in [0.5, 0.6) is 0 Å². The third kappa shape index (κ3) is 3.89. The Morgan fingerprint density at radius 2 is 2.00 bits per heavy atom. The van der Waals surface area contributed by atoms with Crippen LogP contribution in [0.25, 0.3) is 0 Å². The number of aliphatic carboxylic acids is 1. The standard InChI is InChI=1S/C16H28N2O3/c1-3-12-7-8-14(11(12)2)17-16(21)18-9-5-4-6-13(18)10-15(19)20/h11-14H,3-10H2,1-2H3,(H,17,21)(H,19,20). The van der Waals surface area contributed by atoms with E-state index in [-0.39, 0.29) is 24.5 Å². The van der Waals surface area contributed by atoms with E-state index in [0.29, 0.717) is 18.4 Å². The normalized spacial score (nSPS) is 33.0. The van der Waals surface area contributed by atoms with Gasteiger partial charge in [0.05, 0.1) is 6.42 Å². The molecule has 2 N–H and O–H groups in total. The van der Waals surface area contributed by atoms with E-state index in [2.05, 4.69) is 19.2 Å². The van der Waals surface area contributed by atoms with Crippen molar-refractivity contribution < 1.29 is 14.7 Å². The van der Waals surface area contributed by atoms with Gasteiger partial charge in [-0.15, -0.1) is 0 Å². The number of carbonyl (C=O) groups is 2.